The fourth-order valence-electron chi connectivity index (χ4n) is 1.55. The molecule has 0 aliphatic heterocycles. The summed E-state index contributed by atoms with van der Waals surface area (Å²) in [5.74, 6) is 0.582. The first-order valence-corrected chi connectivity index (χ1v) is 6.99. The highest BCUT2D eigenvalue weighted by molar-refractivity contribution is 5.79. The number of nitrogens with zero attached hydrogens (tertiary/aromatic N) is 2. The van der Waals surface area contributed by atoms with Gasteiger partial charge >= 0.3 is 6.18 Å². The maximum Gasteiger partial charge on any atom is 0.422 e. The number of alkyl halides is 3. The molecule has 0 aliphatic carbocycles. The van der Waals surface area contributed by atoms with Crippen LogP contribution >= 0.6 is 0 Å². The highest BCUT2D eigenvalue weighted by Crippen LogP contribution is 2.17. The van der Waals surface area contributed by atoms with Crippen molar-refractivity contribution in [2.75, 3.05) is 13.2 Å². The minimum Gasteiger partial charge on any atom is -0.468 e. The minimum atomic E-state index is -4.38. The molecule has 124 valence electrons. The summed E-state index contributed by atoms with van der Waals surface area (Å²) in [4.78, 5) is 8.12. The number of ether oxygens (including phenoxy) is 1. The summed E-state index contributed by atoms with van der Waals surface area (Å²) in [5.41, 5.74) is 0.716. The molecule has 0 bridgehead atoms. The number of rotatable bonds is 6. The number of hydrogen-bond donors (Lipinski definition) is 2. The predicted molar refractivity (Wildman–Crippen MR) is 78.9 cm³/mol. The Bertz CT molecular complexity index is 489. The average Bonchev–Trinajstić information content (AvgIpc) is 2.42. The van der Waals surface area contributed by atoms with Gasteiger partial charge in [0.25, 0.3) is 0 Å². The van der Waals surface area contributed by atoms with Gasteiger partial charge in [-0.25, -0.2) is 9.98 Å². The van der Waals surface area contributed by atoms with Crippen molar-refractivity contribution >= 4 is 5.96 Å². The number of halogens is 3. The zero-order valence-electron chi connectivity index (χ0n) is 12.9. The molecule has 0 aromatic carbocycles. The quantitative estimate of drug-likeness (QED) is 0.625. The summed E-state index contributed by atoms with van der Waals surface area (Å²) >= 11 is 0. The SMILES string of the molecule is CCNC(=NCc1ccnc(OCC(F)(F)F)c1)NC(C)C. The van der Waals surface area contributed by atoms with E-state index in [9.17, 15) is 13.2 Å². The van der Waals surface area contributed by atoms with E-state index >= 15 is 0 Å². The molecule has 1 aromatic heterocycles. The van der Waals surface area contributed by atoms with Crippen LogP contribution in [0, 0.1) is 0 Å². The molecule has 8 heteroatoms. The first-order valence-electron chi connectivity index (χ1n) is 6.99. The monoisotopic (exact) mass is 318 g/mol. The predicted octanol–water partition coefficient (Wildman–Crippen LogP) is 2.49. The second-order valence-electron chi connectivity index (χ2n) is 4.90. The number of pyridine rings is 1. The Labute approximate surface area is 128 Å². The molecular formula is C14H21F3N4O. The van der Waals surface area contributed by atoms with Crippen molar-refractivity contribution in [3.05, 3.63) is 23.9 Å². The maximum atomic E-state index is 12.1. The van der Waals surface area contributed by atoms with Crippen molar-refractivity contribution in [3.63, 3.8) is 0 Å². The van der Waals surface area contributed by atoms with E-state index in [2.05, 4.69) is 25.3 Å². The Kier molecular flexibility index (Phi) is 6.94. The molecule has 0 radical (unpaired) electrons. The second kappa shape index (κ2) is 8.45. The molecule has 0 aliphatic rings. The number of guanidine groups is 1. The number of nitrogens with one attached hydrogen (secondary N) is 2. The van der Waals surface area contributed by atoms with Gasteiger partial charge < -0.3 is 15.4 Å². The zero-order valence-corrected chi connectivity index (χ0v) is 12.9. The van der Waals surface area contributed by atoms with Crippen molar-refractivity contribution in [1.82, 2.24) is 15.6 Å². The topological polar surface area (TPSA) is 58.5 Å². The van der Waals surface area contributed by atoms with Crippen molar-refractivity contribution in [3.8, 4) is 5.88 Å². The van der Waals surface area contributed by atoms with Gasteiger partial charge in [0, 0.05) is 24.8 Å². The molecule has 0 fully saturated rings. The molecule has 22 heavy (non-hydrogen) atoms. The van der Waals surface area contributed by atoms with Crippen LogP contribution in [-0.4, -0.2) is 36.3 Å². The van der Waals surface area contributed by atoms with Crippen LogP contribution < -0.4 is 15.4 Å². The molecule has 0 atom stereocenters. The molecule has 1 aromatic rings. The molecule has 1 heterocycles. The minimum absolute atomic E-state index is 0.0631. The summed E-state index contributed by atoms with van der Waals surface area (Å²) in [7, 11) is 0. The van der Waals surface area contributed by atoms with Gasteiger partial charge in [0.1, 0.15) is 0 Å². The zero-order chi connectivity index (χ0) is 16.6. The maximum absolute atomic E-state index is 12.1. The Morgan fingerprint density at radius 3 is 2.73 bits per heavy atom. The van der Waals surface area contributed by atoms with Gasteiger partial charge in [0.05, 0.1) is 6.54 Å². The van der Waals surface area contributed by atoms with E-state index in [4.69, 9.17) is 0 Å². The Hall–Kier alpha value is -1.99. The summed E-state index contributed by atoms with van der Waals surface area (Å²) in [6, 6.07) is 3.36. The second-order valence-corrected chi connectivity index (χ2v) is 4.90. The van der Waals surface area contributed by atoms with E-state index in [0.29, 0.717) is 18.1 Å². The molecule has 0 unspecified atom stereocenters. The molecule has 0 amide bonds. The molecule has 0 saturated carbocycles. The van der Waals surface area contributed by atoms with Crippen LogP contribution in [0.5, 0.6) is 5.88 Å². The lowest BCUT2D eigenvalue weighted by atomic mass is 10.3. The largest absolute Gasteiger partial charge is 0.468 e. The standard InChI is InChI=1S/C14H21F3N4O/c1-4-18-13(21-10(2)3)20-8-11-5-6-19-12(7-11)22-9-14(15,16)17/h5-7,10H,4,8-9H2,1-3H3,(H2,18,20,21). The highest BCUT2D eigenvalue weighted by Gasteiger charge is 2.28. The van der Waals surface area contributed by atoms with E-state index < -0.39 is 12.8 Å². The van der Waals surface area contributed by atoms with Gasteiger partial charge in [-0.3, -0.25) is 0 Å². The van der Waals surface area contributed by atoms with Crippen molar-refractivity contribution in [2.45, 2.75) is 39.5 Å². The number of hydrogen-bond acceptors (Lipinski definition) is 3. The summed E-state index contributed by atoms with van der Waals surface area (Å²) in [6.45, 7) is 5.60. The summed E-state index contributed by atoms with van der Waals surface area (Å²) in [6.07, 6.45) is -2.98. The van der Waals surface area contributed by atoms with Gasteiger partial charge in [-0.1, -0.05) is 0 Å². The van der Waals surface area contributed by atoms with Gasteiger partial charge in [0.2, 0.25) is 5.88 Å². The lowest BCUT2D eigenvalue weighted by Crippen LogP contribution is -2.40. The summed E-state index contributed by atoms with van der Waals surface area (Å²) < 4.78 is 40.9. The normalized spacial score (nSPS) is 12.4. The van der Waals surface area contributed by atoms with Gasteiger partial charge in [-0.2, -0.15) is 13.2 Å². The molecule has 5 nitrogen and oxygen atoms in total. The van der Waals surface area contributed by atoms with Crippen LogP contribution in [0.3, 0.4) is 0 Å². The fourth-order valence-corrected chi connectivity index (χ4v) is 1.55. The van der Waals surface area contributed by atoms with Crippen LogP contribution in [0.1, 0.15) is 26.3 Å². The lowest BCUT2D eigenvalue weighted by molar-refractivity contribution is -0.154. The van der Waals surface area contributed by atoms with Crippen LogP contribution in [-0.2, 0) is 6.54 Å². The lowest BCUT2D eigenvalue weighted by Gasteiger charge is -2.14. The highest BCUT2D eigenvalue weighted by atomic mass is 19.4. The molecule has 0 spiro atoms. The Balaban J connectivity index is 2.68. The van der Waals surface area contributed by atoms with E-state index in [1.54, 1.807) is 6.07 Å². The molecular weight excluding hydrogens is 297 g/mol. The van der Waals surface area contributed by atoms with Crippen LogP contribution in [0.25, 0.3) is 0 Å². The third-order valence-electron chi connectivity index (χ3n) is 2.37. The van der Waals surface area contributed by atoms with Crippen molar-refractivity contribution in [2.24, 2.45) is 4.99 Å². The first kappa shape index (κ1) is 18.1. The van der Waals surface area contributed by atoms with Crippen LogP contribution in [0.2, 0.25) is 0 Å². The van der Waals surface area contributed by atoms with E-state index in [0.717, 1.165) is 6.54 Å². The molecule has 2 N–H and O–H groups in total. The van der Waals surface area contributed by atoms with E-state index in [-0.39, 0.29) is 11.9 Å². The molecule has 1 rings (SSSR count). The van der Waals surface area contributed by atoms with Gasteiger partial charge in [0.15, 0.2) is 12.6 Å². The number of aliphatic imine (C=N–C) groups is 1. The van der Waals surface area contributed by atoms with Crippen molar-refractivity contribution in [1.29, 1.82) is 0 Å². The average molecular weight is 318 g/mol. The third kappa shape index (κ3) is 7.70. The smallest absolute Gasteiger partial charge is 0.422 e. The Morgan fingerprint density at radius 2 is 2.14 bits per heavy atom. The first-order chi connectivity index (χ1) is 10.3. The van der Waals surface area contributed by atoms with Crippen LogP contribution in [0.15, 0.2) is 23.3 Å². The van der Waals surface area contributed by atoms with E-state index in [1.807, 2.05) is 20.8 Å². The molecule has 0 saturated heterocycles. The third-order valence-corrected chi connectivity index (χ3v) is 2.37. The van der Waals surface area contributed by atoms with Gasteiger partial charge in [-0.05, 0) is 32.4 Å². The van der Waals surface area contributed by atoms with Crippen LogP contribution in [0.4, 0.5) is 13.2 Å². The Morgan fingerprint density at radius 1 is 1.41 bits per heavy atom. The fraction of sp³-hybridized carbons (Fsp3) is 0.571. The van der Waals surface area contributed by atoms with Gasteiger partial charge in [-0.15, -0.1) is 0 Å². The van der Waals surface area contributed by atoms with E-state index in [1.165, 1.54) is 12.3 Å². The van der Waals surface area contributed by atoms with Crippen molar-refractivity contribution < 1.29 is 17.9 Å². The number of aromatic nitrogens is 1. The summed E-state index contributed by atoms with van der Waals surface area (Å²) in [5, 5.41) is 6.24.